The Morgan fingerprint density at radius 3 is 2.31 bits per heavy atom. The molecular formula is C25H33Cl2N3O5S. The second-order valence-corrected chi connectivity index (χ2v) is 11.4. The van der Waals surface area contributed by atoms with Crippen molar-refractivity contribution in [3.63, 3.8) is 0 Å². The van der Waals surface area contributed by atoms with Crippen molar-refractivity contribution in [1.82, 2.24) is 10.2 Å². The van der Waals surface area contributed by atoms with Gasteiger partial charge in [0.25, 0.3) is 0 Å². The van der Waals surface area contributed by atoms with Crippen LogP contribution in [0.2, 0.25) is 10.0 Å². The molecular weight excluding hydrogens is 525 g/mol. The number of rotatable bonds is 11. The third-order valence-electron chi connectivity index (χ3n) is 5.79. The third-order valence-corrected chi connectivity index (χ3v) is 7.65. The molecule has 0 unspecified atom stereocenters. The molecule has 0 aliphatic carbocycles. The normalized spacial score (nSPS) is 13.0. The van der Waals surface area contributed by atoms with Crippen molar-refractivity contribution in [3.05, 3.63) is 57.6 Å². The van der Waals surface area contributed by atoms with Crippen LogP contribution < -0.4 is 14.4 Å². The zero-order valence-electron chi connectivity index (χ0n) is 21.3. The van der Waals surface area contributed by atoms with Gasteiger partial charge in [-0.15, -0.1) is 0 Å². The van der Waals surface area contributed by atoms with Gasteiger partial charge in [0.2, 0.25) is 21.8 Å². The van der Waals surface area contributed by atoms with Gasteiger partial charge in [0.05, 0.1) is 29.1 Å². The van der Waals surface area contributed by atoms with Gasteiger partial charge in [-0.3, -0.25) is 13.9 Å². The number of ether oxygens (including phenoxy) is 1. The van der Waals surface area contributed by atoms with Gasteiger partial charge >= 0.3 is 0 Å². The molecule has 36 heavy (non-hydrogen) atoms. The number of amides is 2. The van der Waals surface area contributed by atoms with E-state index in [2.05, 4.69) is 5.32 Å². The van der Waals surface area contributed by atoms with Crippen molar-refractivity contribution in [1.29, 1.82) is 0 Å². The Morgan fingerprint density at radius 2 is 1.75 bits per heavy atom. The molecule has 0 saturated heterocycles. The van der Waals surface area contributed by atoms with Crippen molar-refractivity contribution in [2.75, 3.05) is 24.2 Å². The van der Waals surface area contributed by atoms with E-state index >= 15 is 0 Å². The molecule has 2 aromatic rings. The molecule has 0 fully saturated rings. The number of hydrogen-bond acceptors (Lipinski definition) is 5. The maximum Gasteiger partial charge on any atom is 0.244 e. The largest absolute Gasteiger partial charge is 0.495 e. The summed E-state index contributed by atoms with van der Waals surface area (Å²) in [5, 5.41) is 3.54. The van der Waals surface area contributed by atoms with E-state index in [-0.39, 0.29) is 24.2 Å². The number of carbonyl (C=O) groups excluding carboxylic acids is 2. The summed E-state index contributed by atoms with van der Waals surface area (Å²) < 4.78 is 31.9. The van der Waals surface area contributed by atoms with Gasteiger partial charge in [-0.05, 0) is 62.6 Å². The lowest BCUT2D eigenvalue weighted by Gasteiger charge is -2.32. The van der Waals surface area contributed by atoms with Gasteiger partial charge < -0.3 is 15.0 Å². The molecule has 8 nitrogen and oxygen atoms in total. The Bertz CT molecular complexity index is 1210. The fourth-order valence-electron chi connectivity index (χ4n) is 3.47. The summed E-state index contributed by atoms with van der Waals surface area (Å²) in [7, 11) is -2.46. The number of sulfonamides is 1. The molecule has 2 rings (SSSR count). The van der Waals surface area contributed by atoms with E-state index in [1.54, 1.807) is 43.3 Å². The van der Waals surface area contributed by atoms with Gasteiger partial charge in [0, 0.05) is 12.6 Å². The Labute approximate surface area is 223 Å². The van der Waals surface area contributed by atoms with Crippen molar-refractivity contribution in [2.45, 2.75) is 52.7 Å². The molecule has 2 aromatic carbocycles. The lowest BCUT2D eigenvalue weighted by molar-refractivity contribution is -0.139. The molecule has 2 amide bonds. The van der Waals surface area contributed by atoms with Crippen molar-refractivity contribution in [3.8, 4) is 5.75 Å². The van der Waals surface area contributed by atoms with Crippen LogP contribution in [0.5, 0.6) is 5.75 Å². The number of anilines is 1. The minimum atomic E-state index is -3.88. The quantitative estimate of drug-likeness (QED) is 0.441. The van der Waals surface area contributed by atoms with Crippen LogP contribution in [0.25, 0.3) is 0 Å². The van der Waals surface area contributed by atoms with Crippen molar-refractivity contribution < 1.29 is 22.7 Å². The summed E-state index contributed by atoms with van der Waals surface area (Å²) in [4.78, 5) is 27.9. The second kappa shape index (κ2) is 12.7. The van der Waals surface area contributed by atoms with Crippen LogP contribution in [0.3, 0.4) is 0 Å². The minimum absolute atomic E-state index is 0.0212. The van der Waals surface area contributed by atoms with E-state index in [1.165, 1.54) is 12.0 Å². The van der Waals surface area contributed by atoms with E-state index in [4.69, 9.17) is 27.9 Å². The summed E-state index contributed by atoms with van der Waals surface area (Å²) in [6.07, 6.45) is 1.73. The minimum Gasteiger partial charge on any atom is -0.495 e. The fraction of sp³-hybridized carbons (Fsp3) is 0.440. The van der Waals surface area contributed by atoms with Crippen molar-refractivity contribution in [2.24, 2.45) is 0 Å². The molecule has 2 atom stereocenters. The molecule has 0 saturated carbocycles. The molecule has 0 bridgehead atoms. The average molecular weight is 559 g/mol. The zero-order chi connectivity index (χ0) is 27.2. The van der Waals surface area contributed by atoms with Gasteiger partial charge in [0.15, 0.2) is 0 Å². The second-order valence-electron chi connectivity index (χ2n) is 8.71. The molecule has 0 aromatic heterocycles. The Kier molecular flexibility index (Phi) is 10.5. The number of aryl methyl sites for hydroxylation is 1. The topological polar surface area (TPSA) is 96.0 Å². The third kappa shape index (κ3) is 7.75. The van der Waals surface area contributed by atoms with Gasteiger partial charge in [-0.25, -0.2) is 8.42 Å². The SMILES string of the molecule is CC[C@H](C)NC(=O)[C@H](C)N(Cc1ccc(Cl)c(Cl)c1)C(=O)CN(c1cc(C)ccc1OC)S(C)(=O)=O. The first-order valence-corrected chi connectivity index (χ1v) is 14.0. The summed E-state index contributed by atoms with van der Waals surface area (Å²) in [5.41, 5.74) is 1.67. The molecule has 1 N–H and O–H groups in total. The van der Waals surface area contributed by atoms with E-state index in [9.17, 15) is 18.0 Å². The summed E-state index contributed by atoms with van der Waals surface area (Å²) in [5.74, 6) is -0.615. The first kappa shape index (κ1) is 29.7. The molecule has 198 valence electrons. The molecule has 0 aliphatic heterocycles. The lowest BCUT2D eigenvalue weighted by Crippen LogP contribution is -2.52. The summed E-state index contributed by atoms with van der Waals surface area (Å²) in [6.45, 7) is 6.71. The highest BCUT2D eigenvalue weighted by Crippen LogP contribution is 2.31. The predicted molar refractivity (Wildman–Crippen MR) is 144 cm³/mol. The van der Waals surface area contributed by atoms with E-state index in [1.807, 2.05) is 20.8 Å². The number of methoxy groups -OCH3 is 1. The van der Waals surface area contributed by atoms with Crippen LogP contribution in [-0.2, 0) is 26.2 Å². The van der Waals surface area contributed by atoms with Gasteiger partial charge in [-0.2, -0.15) is 0 Å². The van der Waals surface area contributed by atoms with Crippen LogP contribution in [0.15, 0.2) is 36.4 Å². The highest BCUT2D eigenvalue weighted by atomic mass is 35.5. The highest BCUT2D eigenvalue weighted by molar-refractivity contribution is 7.92. The molecule has 0 radical (unpaired) electrons. The number of carbonyl (C=O) groups is 2. The number of hydrogen-bond donors (Lipinski definition) is 1. The number of benzene rings is 2. The van der Waals surface area contributed by atoms with Gasteiger partial charge in [0.1, 0.15) is 18.3 Å². The first-order valence-electron chi connectivity index (χ1n) is 11.4. The van der Waals surface area contributed by atoms with Crippen LogP contribution in [0.4, 0.5) is 5.69 Å². The lowest BCUT2D eigenvalue weighted by atomic mass is 10.1. The standard InChI is InChI=1S/C25H33Cl2N3O5S/c1-7-17(3)28-25(32)18(4)29(14-19-9-10-20(26)21(27)13-19)24(31)15-30(36(6,33)34)22-12-16(2)8-11-23(22)35-5/h8-13,17-18H,7,14-15H2,1-6H3,(H,28,32)/t17-,18-/m0/s1. The maximum atomic E-state index is 13.7. The maximum absolute atomic E-state index is 13.7. The van der Waals surface area contributed by atoms with Crippen molar-refractivity contribution >= 4 is 50.7 Å². The average Bonchev–Trinajstić information content (AvgIpc) is 2.81. The highest BCUT2D eigenvalue weighted by Gasteiger charge is 2.31. The molecule has 0 heterocycles. The first-order chi connectivity index (χ1) is 16.8. The summed E-state index contributed by atoms with van der Waals surface area (Å²) in [6, 6.07) is 8.99. The van der Waals surface area contributed by atoms with E-state index in [0.29, 0.717) is 27.8 Å². The predicted octanol–water partition coefficient (Wildman–Crippen LogP) is 4.41. The number of nitrogens with zero attached hydrogens (tertiary/aromatic N) is 2. The Morgan fingerprint density at radius 1 is 1.08 bits per heavy atom. The van der Waals surface area contributed by atoms with Crippen LogP contribution in [-0.4, -0.2) is 57.1 Å². The zero-order valence-corrected chi connectivity index (χ0v) is 23.7. The summed E-state index contributed by atoms with van der Waals surface area (Å²) >= 11 is 12.2. The molecule has 11 heteroatoms. The van der Waals surface area contributed by atoms with Crippen LogP contribution in [0, 0.1) is 6.92 Å². The monoisotopic (exact) mass is 557 g/mol. The van der Waals surface area contributed by atoms with Gasteiger partial charge in [-0.1, -0.05) is 42.3 Å². The fourth-order valence-corrected chi connectivity index (χ4v) is 4.64. The number of halogens is 2. The Balaban J connectivity index is 2.48. The van der Waals surface area contributed by atoms with E-state index < -0.39 is 28.5 Å². The Hall–Kier alpha value is -2.49. The number of nitrogens with one attached hydrogen (secondary N) is 1. The van der Waals surface area contributed by atoms with Crippen LogP contribution in [0.1, 0.15) is 38.3 Å². The smallest absolute Gasteiger partial charge is 0.244 e. The van der Waals surface area contributed by atoms with Crippen LogP contribution >= 0.6 is 23.2 Å². The molecule has 0 spiro atoms. The molecule has 0 aliphatic rings. The van der Waals surface area contributed by atoms with E-state index in [0.717, 1.165) is 16.1 Å².